The molecule has 0 N–H and O–H groups in total. The van der Waals surface area contributed by atoms with Gasteiger partial charge in [0, 0.05) is 0 Å². The second kappa shape index (κ2) is 6.20. The van der Waals surface area contributed by atoms with E-state index in [1.54, 1.807) is 11.3 Å². The van der Waals surface area contributed by atoms with E-state index in [1.165, 1.54) is 0 Å². The molecule has 0 saturated carbocycles. The van der Waals surface area contributed by atoms with Gasteiger partial charge in [0.25, 0.3) is 0 Å². The van der Waals surface area contributed by atoms with Crippen molar-refractivity contribution in [3.05, 3.63) is 89.4 Å². The van der Waals surface area contributed by atoms with E-state index in [0.717, 1.165) is 37.5 Å². The van der Waals surface area contributed by atoms with Crippen LogP contribution in [-0.4, -0.2) is 20.0 Å². The molecule has 5 rings (SSSR count). The zero-order valence-electron chi connectivity index (χ0n) is 13.8. The van der Waals surface area contributed by atoms with Crippen LogP contribution >= 0.6 is 11.3 Å². The van der Waals surface area contributed by atoms with Crippen molar-refractivity contribution < 1.29 is 0 Å². The van der Waals surface area contributed by atoms with E-state index in [-0.39, 0.29) is 0 Å². The average Bonchev–Trinajstić information content (AvgIpc) is 3.31. The van der Waals surface area contributed by atoms with Crippen LogP contribution in [0.1, 0.15) is 10.6 Å². The summed E-state index contributed by atoms with van der Waals surface area (Å²) in [5, 5.41) is 9.63. The van der Waals surface area contributed by atoms with Gasteiger partial charge in [-0.05, 0) is 35.9 Å². The smallest absolute Gasteiger partial charge is 0.143 e. The van der Waals surface area contributed by atoms with Gasteiger partial charge in [0.15, 0.2) is 0 Å². The van der Waals surface area contributed by atoms with Crippen LogP contribution in [0.25, 0.3) is 33.0 Å². The van der Waals surface area contributed by atoms with E-state index < -0.39 is 0 Å². The molecule has 3 aromatic carbocycles. The number of hydrogen-bond acceptors (Lipinski definition) is 4. The van der Waals surface area contributed by atoms with Gasteiger partial charge in [-0.3, -0.25) is 0 Å². The monoisotopic (exact) mass is 354 g/mol. The Morgan fingerprint density at radius 1 is 0.808 bits per heavy atom. The van der Waals surface area contributed by atoms with Gasteiger partial charge in [-0.15, -0.1) is 16.4 Å². The second-order valence-electron chi connectivity index (χ2n) is 5.92. The number of nitrogens with zero attached hydrogens (tertiary/aromatic N) is 4. The summed E-state index contributed by atoms with van der Waals surface area (Å²) in [6.07, 6.45) is 2.11. The third kappa shape index (κ3) is 2.59. The Morgan fingerprint density at radius 3 is 2.38 bits per heavy atom. The van der Waals surface area contributed by atoms with E-state index in [4.69, 9.17) is 4.98 Å². The zero-order valence-corrected chi connectivity index (χ0v) is 14.6. The molecule has 0 bridgehead atoms. The predicted octanol–water partition coefficient (Wildman–Crippen LogP) is 5.09. The lowest BCUT2D eigenvalue weighted by Gasteiger charge is -2.06. The number of rotatable bonds is 3. The molecule has 4 nitrogen and oxygen atoms in total. The van der Waals surface area contributed by atoms with Gasteiger partial charge >= 0.3 is 0 Å². The maximum Gasteiger partial charge on any atom is 0.143 e. The normalized spacial score (nSPS) is 12.1. The number of para-hydroxylation sites is 2. The maximum atomic E-state index is 4.83. The third-order valence-electron chi connectivity index (χ3n) is 4.20. The molecular formula is C21H14N4S. The Hall–Kier alpha value is -3.31. The fraction of sp³-hybridized carbons (Fsp3) is 0. The maximum absolute atomic E-state index is 4.83. The SMILES string of the molecule is C(=C(/c1nc2ccccc2s1)n1nnc2ccccc21)/c1ccccc1. The summed E-state index contributed by atoms with van der Waals surface area (Å²) < 4.78 is 3.03. The van der Waals surface area contributed by atoms with Crippen LogP contribution < -0.4 is 0 Å². The van der Waals surface area contributed by atoms with E-state index in [1.807, 2.05) is 65.3 Å². The number of hydrogen-bond donors (Lipinski definition) is 0. The molecule has 0 fully saturated rings. The number of benzene rings is 3. The van der Waals surface area contributed by atoms with Crippen molar-refractivity contribution in [3.63, 3.8) is 0 Å². The van der Waals surface area contributed by atoms with Crippen molar-refractivity contribution in [2.45, 2.75) is 0 Å². The number of aromatic nitrogens is 4. The van der Waals surface area contributed by atoms with Gasteiger partial charge < -0.3 is 0 Å². The summed E-state index contributed by atoms with van der Waals surface area (Å²) >= 11 is 1.66. The first-order chi connectivity index (χ1) is 12.9. The molecule has 0 aliphatic carbocycles. The van der Waals surface area contributed by atoms with Crippen LogP contribution in [0.3, 0.4) is 0 Å². The molecular weight excluding hydrogens is 340 g/mol. The highest BCUT2D eigenvalue weighted by atomic mass is 32.1. The quantitative estimate of drug-likeness (QED) is 0.453. The summed E-state index contributed by atoms with van der Waals surface area (Å²) in [7, 11) is 0. The first-order valence-electron chi connectivity index (χ1n) is 8.32. The van der Waals surface area contributed by atoms with Crippen molar-refractivity contribution in [2.24, 2.45) is 0 Å². The average molecular weight is 354 g/mol. The molecule has 0 unspecified atom stereocenters. The molecule has 0 radical (unpaired) electrons. The minimum absolute atomic E-state index is 0.868. The van der Waals surface area contributed by atoms with Crippen LogP contribution in [0.2, 0.25) is 0 Å². The molecule has 0 spiro atoms. The van der Waals surface area contributed by atoms with Crippen LogP contribution in [0.15, 0.2) is 78.9 Å². The predicted molar refractivity (Wildman–Crippen MR) is 107 cm³/mol. The second-order valence-corrected chi connectivity index (χ2v) is 6.95. The van der Waals surface area contributed by atoms with Crippen LogP contribution in [0, 0.1) is 0 Å². The first kappa shape index (κ1) is 15.0. The van der Waals surface area contributed by atoms with Gasteiger partial charge in [0.2, 0.25) is 0 Å². The molecule has 0 saturated heterocycles. The van der Waals surface area contributed by atoms with Gasteiger partial charge in [0.05, 0.1) is 15.7 Å². The Kier molecular flexibility index (Phi) is 3.57. The zero-order chi connectivity index (χ0) is 17.3. The van der Waals surface area contributed by atoms with Gasteiger partial charge in [-0.1, -0.05) is 59.8 Å². The molecule has 2 aromatic heterocycles. The summed E-state index contributed by atoms with van der Waals surface area (Å²) in [5.41, 5.74) is 4.85. The third-order valence-corrected chi connectivity index (χ3v) is 5.25. The molecule has 0 aliphatic rings. The van der Waals surface area contributed by atoms with Gasteiger partial charge in [0.1, 0.15) is 16.2 Å². The van der Waals surface area contributed by atoms with E-state index in [2.05, 4.69) is 34.6 Å². The molecule has 5 heteroatoms. The molecule has 2 heterocycles. The summed E-state index contributed by atoms with van der Waals surface area (Å²) in [6.45, 7) is 0. The van der Waals surface area contributed by atoms with Crippen molar-refractivity contribution in [2.75, 3.05) is 0 Å². The van der Waals surface area contributed by atoms with Gasteiger partial charge in [-0.25, -0.2) is 9.67 Å². The van der Waals surface area contributed by atoms with Crippen LogP contribution in [0.5, 0.6) is 0 Å². The summed E-state index contributed by atoms with van der Waals surface area (Å²) in [4.78, 5) is 4.83. The number of fused-ring (bicyclic) bond motifs is 2. The fourth-order valence-electron chi connectivity index (χ4n) is 2.95. The highest BCUT2D eigenvalue weighted by molar-refractivity contribution is 7.19. The highest BCUT2D eigenvalue weighted by Gasteiger charge is 2.15. The topological polar surface area (TPSA) is 43.6 Å². The first-order valence-corrected chi connectivity index (χ1v) is 9.14. The lowest BCUT2D eigenvalue weighted by atomic mass is 10.2. The molecule has 124 valence electrons. The van der Waals surface area contributed by atoms with Crippen molar-refractivity contribution in [1.29, 1.82) is 0 Å². The van der Waals surface area contributed by atoms with Crippen molar-refractivity contribution in [1.82, 2.24) is 20.0 Å². The Labute approximate surface area is 154 Å². The molecule has 26 heavy (non-hydrogen) atoms. The minimum Gasteiger partial charge on any atom is -0.234 e. The van der Waals surface area contributed by atoms with E-state index >= 15 is 0 Å². The Bertz CT molecular complexity index is 1200. The molecule has 5 aromatic rings. The minimum atomic E-state index is 0.868. The molecule has 0 atom stereocenters. The fourth-order valence-corrected chi connectivity index (χ4v) is 3.92. The molecule has 0 aliphatic heterocycles. The van der Waals surface area contributed by atoms with Crippen molar-refractivity contribution in [3.8, 4) is 0 Å². The highest BCUT2D eigenvalue weighted by Crippen LogP contribution is 2.30. The molecule has 0 amide bonds. The lowest BCUT2D eigenvalue weighted by molar-refractivity contribution is 0.842. The standard InChI is InChI=1S/C21H14N4S/c1-2-8-15(9-3-1)14-19(21-22-17-11-5-7-13-20(17)26-21)25-18-12-6-4-10-16(18)23-24-25/h1-14H/b19-14+. The van der Waals surface area contributed by atoms with E-state index in [9.17, 15) is 0 Å². The van der Waals surface area contributed by atoms with Crippen molar-refractivity contribution >= 4 is 44.4 Å². The van der Waals surface area contributed by atoms with Crippen LogP contribution in [-0.2, 0) is 0 Å². The largest absolute Gasteiger partial charge is 0.234 e. The number of thiazole rings is 1. The Balaban J connectivity index is 1.77. The lowest BCUT2D eigenvalue weighted by Crippen LogP contribution is -2.01. The van der Waals surface area contributed by atoms with E-state index in [0.29, 0.717) is 0 Å². The Morgan fingerprint density at radius 2 is 1.54 bits per heavy atom. The summed E-state index contributed by atoms with van der Waals surface area (Å²) in [6, 6.07) is 26.4. The van der Waals surface area contributed by atoms with Crippen LogP contribution in [0.4, 0.5) is 0 Å². The van der Waals surface area contributed by atoms with Gasteiger partial charge in [-0.2, -0.15) is 0 Å². The summed E-state index contributed by atoms with van der Waals surface area (Å²) in [5.74, 6) is 0.